The van der Waals surface area contributed by atoms with Crippen LogP contribution in [-0.4, -0.2) is 13.2 Å². The summed E-state index contributed by atoms with van der Waals surface area (Å²) in [6, 6.07) is 19.9. The van der Waals surface area contributed by atoms with Crippen LogP contribution in [0.25, 0.3) is 5.76 Å². The summed E-state index contributed by atoms with van der Waals surface area (Å²) in [5.41, 5.74) is 1.00. The first-order chi connectivity index (χ1) is 10.8. The van der Waals surface area contributed by atoms with Crippen LogP contribution in [-0.2, 0) is 13.6 Å². The first-order valence-electron chi connectivity index (χ1n) is 7.43. The molecule has 0 aliphatic carbocycles. The molecule has 2 aromatic rings. The molecule has 1 saturated heterocycles. The van der Waals surface area contributed by atoms with E-state index in [9.17, 15) is 0 Å². The summed E-state index contributed by atoms with van der Waals surface area (Å²) < 4.78 is 18.7. The minimum absolute atomic E-state index is 0.621. The molecule has 2 aliphatic heterocycles. The number of hydrogen-bond acceptors (Lipinski definition) is 4. The van der Waals surface area contributed by atoms with E-state index in [1.165, 1.54) is 0 Å². The molecule has 5 heteroatoms. The number of hydrogen-bond donors (Lipinski definition) is 1. The predicted molar refractivity (Wildman–Crippen MR) is 88.2 cm³/mol. The maximum absolute atomic E-state index is 6.39. The van der Waals surface area contributed by atoms with E-state index in [0.29, 0.717) is 13.2 Å². The first-order valence-corrected chi connectivity index (χ1v) is 9.42. The van der Waals surface area contributed by atoms with E-state index in [-0.39, 0.29) is 0 Å². The van der Waals surface area contributed by atoms with Gasteiger partial charge in [0, 0.05) is 0 Å². The summed E-state index contributed by atoms with van der Waals surface area (Å²) in [7, 11) is -3.52. The Morgan fingerprint density at radius 2 is 1.45 bits per heavy atom. The predicted octanol–water partition coefficient (Wildman–Crippen LogP) is 3.58. The molecule has 0 amide bonds. The fraction of sp³-hybridized carbons (Fsp3) is 0.176. The molecule has 2 heterocycles. The van der Waals surface area contributed by atoms with Gasteiger partial charge in [-0.3, -0.25) is 0 Å². The third-order valence-corrected chi connectivity index (χ3v) is 7.48. The van der Waals surface area contributed by atoms with E-state index >= 15 is 0 Å². The summed E-state index contributed by atoms with van der Waals surface area (Å²) in [5, 5.41) is 4.28. The van der Waals surface area contributed by atoms with Gasteiger partial charge < -0.3 is 0 Å². The second kappa shape index (κ2) is 5.10. The van der Waals surface area contributed by atoms with Gasteiger partial charge in [0.25, 0.3) is 0 Å². The molecular weight excluding hydrogens is 297 g/mol. The van der Waals surface area contributed by atoms with Crippen molar-refractivity contribution in [1.29, 1.82) is 0 Å². The second-order valence-corrected chi connectivity index (χ2v) is 8.57. The molecule has 4 nitrogen and oxygen atoms in total. The fourth-order valence-corrected chi connectivity index (χ4v) is 6.18. The summed E-state index contributed by atoms with van der Waals surface area (Å²) in [5.74, 6) is 0.754. The molecular formula is C17H18NO3P. The van der Waals surface area contributed by atoms with Gasteiger partial charge in [-0.25, -0.2) is 0 Å². The van der Waals surface area contributed by atoms with Crippen LogP contribution < -0.4 is 10.4 Å². The topological polar surface area (TPSA) is 39.7 Å². The Morgan fingerprint density at radius 1 is 0.818 bits per heavy atom. The van der Waals surface area contributed by atoms with Crippen LogP contribution in [0, 0.1) is 0 Å². The van der Waals surface area contributed by atoms with Gasteiger partial charge in [0.05, 0.1) is 0 Å². The van der Waals surface area contributed by atoms with Crippen molar-refractivity contribution in [2.24, 2.45) is 0 Å². The minimum atomic E-state index is -3.52. The van der Waals surface area contributed by atoms with Gasteiger partial charge in [0.15, 0.2) is 0 Å². The van der Waals surface area contributed by atoms with Crippen molar-refractivity contribution in [3.8, 4) is 0 Å². The van der Waals surface area contributed by atoms with Gasteiger partial charge in [-0.2, -0.15) is 0 Å². The average molecular weight is 315 g/mol. The number of rotatable bonds is 2. The van der Waals surface area contributed by atoms with Crippen LogP contribution in [0.1, 0.15) is 12.0 Å². The first kappa shape index (κ1) is 13.8. The fourth-order valence-electron chi connectivity index (χ4n) is 2.79. The average Bonchev–Trinajstić information content (AvgIpc) is 2.98. The molecule has 114 valence electrons. The molecule has 1 fully saturated rings. The van der Waals surface area contributed by atoms with E-state index in [4.69, 9.17) is 13.6 Å². The normalized spacial score (nSPS) is 23.6. The molecule has 0 saturated carbocycles. The van der Waals surface area contributed by atoms with Gasteiger partial charge >= 0.3 is 129 Å². The Labute approximate surface area is 129 Å². The zero-order chi connectivity index (χ0) is 14.9. The molecule has 0 radical (unpaired) electrons. The third kappa shape index (κ3) is 2.03. The Balaban J connectivity index is 1.77. The van der Waals surface area contributed by atoms with Gasteiger partial charge in [0.1, 0.15) is 0 Å². The zero-order valence-corrected chi connectivity index (χ0v) is 13.0. The number of nitrogens with one attached hydrogen (secondary N) is 1. The Hall–Kier alpha value is -1.87. The standard InChI is InChI=1S/C17H18NO3P/c1-3-8-15(9-4-1)17-14-18-22(21-17,19-12-7-13-20-22)16-10-5-2-6-11-16/h1-6,8-11,14,18H,7,12-13H2. The zero-order valence-electron chi connectivity index (χ0n) is 12.1. The van der Waals surface area contributed by atoms with Crippen molar-refractivity contribution in [3.63, 3.8) is 0 Å². The molecule has 1 spiro atoms. The van der Waals surface area contributed by atoms with Crippen LogP contribution in [0.15, 0.2) is 66.9 Å². The molecule has 4 rings (SSSR count). The van der Waals surface area contributed by atoms with E-state index in [1.807, 2.05) is 66.9 Å². The molecule has 2 aliphatic rings. The number of benzene rings is 2. The van der Waals surface area contributed by atoms with Crippen LogP contribution >= 0.6 is 7.43 Å². The third-order valence-electron chi connectivity index (χ3n) is 3.88. The van der Waals surface area contributed by atoms with Crippen molar-refractivity contribution < 1.29 is 13.6 Å². The maximum atomic E-state index is 6.39. The molecule has 2 aromatic carbocycles. The summed E-state index contributed by atoms with van der Waals surface area (Å²) in [4.78, 5) is 0. The van der Waals surface area contributed by atoms with Crippen molar-refractivity contribution in [2.75, 3.05) is 13.2 Å². The Kier molecular flexibility index (Phi) is 3.19. The van der Waals surface area contributed by atoms with E-state index in [0.717, 1.165) is 23.0 Å². The molecule has 0 atom stereocenters. The van der Waals surface area contributed by atoms with Crippen LogP contribution in [0.5, 0.6) is 0 Å². The Morgan fingerprint density at radius 3 is 2.14 bits per heavy atom. The van der Waals surface area contributed by atoms with Crippen LogP contribution in [0.2, 0.25) is 0 Å². The van der Waals surface area contributed by atoms with Crippen molar-refractivity contribution in [3.05, 3.63) is 72.4 Å². The van der Waals surface area contributed by atoms with Crippen LogP contribution in [0.3, 0.4) is 0 Å². The summed E-state index contributed by atoms with van der Waals surface area (Å²) in [6.07, 6.45) is 2.74. The quantitative estimate of drug-likeness (QED) is 0.860. The van der Waals surface area contributed by atoms with Gasteiger partial charge in [-0.05, 0) is 0 Å². The van der Waals surface area contributed by atoms with E-state index in [2.05, 4.69) is 5.09 Å². The van der Waals surface area contributed by atoms with E-state index < -0.39 is 7.43 Å². The van der Waals surface area contributed by atoms with Gasteiger partial charge in [0.2, 0.25) is 0 Å². The van der Waals surface area contributed by atoms with Crippen molar-refractivity contribution in [1.82, 2.24) is 5.09 Å². The molecule has 22 heavy (non-hydrogen) atoms. The molecule has 1 N–H and O–H groups in total. The van der Waals surface area contributed by atoms with E-state index in [1.54, 1.807) is 0 Å². The Bertz CT molecular complexity index is 696. The SMILES string of the molecule is C1=C(c2ccccc2)OP2(c3ccccc3)(N1)OCCCO2. The molecule has 0 unspecified atom stereocenters. The van der Waals surface area contributed by atoms with Gasteiger partial charge in [-0.1, -0.05) is 0 Å². The summed E-state index contributed by atoms with van der Waals surface area (Å²) in [6.45, 7) is 1.24. The second-order valence-electron chi connectivity index (χ2n) is 5.33. The molecule has 0 aromatic heterocycles. The van der Waals surface area contributed by atoms with Crippen LogP contribution in [0.4, 0.5) is 0 Å². The van der Waals surface area contributed by atoms with Crippen molar-refractivity contribution >= 4 is 18.5 Å². The molecule has 0 bridgehead atoms. The van der Waals surface area contributed by atoms with Gasteiger partial charge in [-0.15, -0.1) is 0 Å². The summed E-state index contributed by atoms with van der Waals surface area (Å²) >= 11 is 0. The van der Waals surface area contributed by atoms with Crippen molar-refractivity contribution in [2.45, 2.75) is 6.42 Å². The monoisotopic (exact) mass is 315 g/mol.